The summed E-state index contributed by atoms with van der Waals surface area (Å²) in [5.41, 5.74) is 2.35. The number of hydrogen-bond donors (Lipinski definition) is 1. The van der Waals surface area contributed by atoms with Crippen molar-refractivity contribution in [2.45, 2.75) is 13.0 Å². The SMILES string of the molecule is CNCc1cnc(N(C)CCc2ccncc2)c(Cl)c1. The summed E-state index contributed by atoms with van der Waals surface area (Å²) in [6.45, 7) is 1.63. The summed E-state index contributed by atoms with van der Waals surface area (Å²) in [5, 5.41) is 3.78. The Morgan fingerprint density at radius 2 is 2.00 bits per heavy atom. The van der Waals surface area contributed by atoms with Gasteiger partial charge < -0.3 is 10.2 Å². The van der Waals surface area contributed by atoms with Crippen molar-refractivity contribution in [2.24, 2.45) is 0 Å². The van der Waals surface area contributed by atoms with E-state index in [0.29, 0.717) is 5.02 Å². The Bertz CT molecular complexity index is 545. The molecule has 2 aromatic rings. The molecule has 0 saturated carbocycles. The second-order valence-corrected chi connectivity index (χ2v) is 5.11. The molecule has 0 amide bonds. The summed E-state index contributed by atoms with van der Waals surface area (Å²) in [4.78, 5) is 10.5. The van der Waals surface area contributed by atoms with E-state index in [0.717, 1.165) is 30.9 Å². The highest BCUT2D eigenvalue weighted by molar-refractivity contribution is 6.33. The first-order valence-electron chi connectivity index (χ1n) is 6.59. The third kappa shape index (κ3) is 3.92. The normalized spacial score (nSPS) is 10.6. The lowest BCUT2D eigenvalue weighted by Gasteiger charge is -2.19. The van der Waals surface area contributed by atoms with Gasteiger partial charge in [0.1, 0.15) is 5.82 Å². The van der Waals surface area contributed by atoms with E-state index >= 15 is 0 Å². The molecule has 5 heteroatoms. The lowest BCUT2D eigenvalue weighted by Crippen LogP contribution is -2.22. The van der Waals surface area contributed by atoms with Crippen LogP contribution in [0, 0.1) is 0 Å². The van der Waals surface area contributed by atoms with Crippen LogP contribution in [0.3, 0.4) is 0 Å². The molecule has 0 spiro atoms. The van der Waals surface area contributed by atoms with Gasteiger partial charge in [0.25, 0.3) is 0 Å². The zero-order chi connectivity index (χ0) is 14.4. The molecule has 0 radical (unpaired) electrons. The van der Waals surface area contributed by atoms with Gasteiger partial charge in [-0.1, -0.05) is 11.6 Å². The molecular weight excluding hydrogens is 272 g/mol. The summed E-state index contributed by atoms with van der Waals surface area (Å²) < 4.78 is 0. The van der Waals surface area contributed by atoms with Crippen LogP contribution in [0.15, 0.2) is 36.8 Å². The Hall–Kier alpha value is -1.65. The zero-order valence-corrected chi connectivity index (χ0v) is 12.6. The summed E-state index contributed by atoms with van der Waals surface area (Å²) in [7, 11) is 3.91. The summed E-state index contributed by atoms with van der Waals surface area (Å²) in [6.07, 6.45) is 6.43. The highest BCUT2D eigenvalue weighted by Crippen LogP contribution is 2.23. The molecule has 0 aliphatic carbocycles. The van der Waals surface area contributed by atoms with E-state index in [4.69, 9.17) is 11.6 Å². The van der Waals surface area contributed by atoms with E-state index in [2.05, 4.69) is 20.2 Å². The smallest absolute Gasteiger partial charge is 0.147 e. The van der Waals surface area contributed by atoms with Gasteiger partial charge in [0.15, 0.2) is 0 Å². The van der Waals surface area contributed by atoms with E-state index in [1.54, 1.807) is 0 Å². The van der Waals surface area contributed by atoms with Gasteiger partial charge in [-0.05, 0) is 42.8 Å². The quantitative estimate of drug-likeness (QED) is 0.888. The molecule has 0 aliphatic heterocycles. The molecule has 20 heavy (non-hydrogen) atoms. The van der Waals surface area contributed by atoms with Crippen LogP contribution in [0.25, 0.3) is 0 Å². The monoisotopic (exact) mass is 290 g/mol. The van der Waals surface area contributed by atoms with Crippen molar-refractivity contribution >= 4 is 17.4 Å². The molecule has 0 aromatic carbocycles. The maximum absolute atomic E-state index is 6.30. The van der Waals surface area contributed by atoms with Crippen LogP contribution < -0.4 is 10.2 Å². The fourth-order valence-electron chi connectivity index (χ4n) is 2.00. The van der Waals surface area contributed by atoms with Gasteiger partial charge in [0.05, 0.1) is 5.02 Å². The molecule has 2 aromatic heterocycles. The molecule has 2 rings (SSSR count). The average Bonchev–Trinajstić information content (AvgIpc) is 2.46. The molecular formula is C15H19ClN4. The molecule has 0 saturated heterocycles. The van der Waals surface area contributed by atoms with Crippen LogP contribution in [0.5, 0.6) is 0 Å². The first-order chi connectivity index (χ1) is 9.70. The Morgan fingerprint density at radius 3 is 2.65 bits per heavy atom. The number of aromatic nitrogens is 2. The van der Waals surface area contributed by atoms with Crippen LogP contribution in [-0.4, -0.2) is 30.6 Å². The maximum Gasteiger partial charge on any atom is 0.147 e. The van der Waals surface area contributed by atoms with Crippen molar-refractivity contribution in [3.05, 3.63) is 52.9 Å². The van der Waals surface area contributed by atoms with Gasteiger partial charge in [0, 0.05) is 38.7 Å². The minimum Gasteiger partial charge on any atom is -0.358 e. The largest absolute Gasteiger partial charge is 0.358 e. The van der Waals surface area contributed by atoms with Crippen LogP contribution in [0.2, 0.25) is 5.02 Å². The van der Waals surface area contributed by atoms with E-state index in [-0.39, 0.29) is 0 Å². The molecule has 2 heterocycles. The lowest BCUT2D eigenvalue weighted by atomic mass is 10.2. The Morgan fingerprint density at radius 1 is 1.25 bits per heavy atom. The van der Waals surface area contributed by atoms with E-state index in [9.17, 15) is 0 Å². The number of anilines is 1. The van der Waals surface area contributed by atoms with Crippen molar-refractivity contribution in [3.63, 3.8) is 0 Å². The minimum absolute atomic E-state index is 0.690. The number of rotatable bonds is 6. The van der Waals surface area contributed by atoms with Crippen LogP contribution in [0.1, 0.15) is 11.1 Å². The van der Waals surface area contributed by atoms with E-state index in [1.807, 2.05) is 50.9 Å². The molecule has 0 aliphatic rings. The fraction of sp³-hybridized carbons (Fsp3) is 0.333. The Labute approximate surface area is 124 Å². The number of likely N-dealkylation sites (N-methyl/N-ethyl adjacent to an activating group) is 1. The van der Waals surface area contributed by atoms with Gasteiger partial charge in [-0.3, -0.25) is 4.98 Å². The van der Waals surface area contributed by atoms with Gasteiger partial charge in [-0.25, -0.2) is 4.98 Å². The third-order valence-corrected chi connectivity index (χ3v) is 3.38. The predicted molar refractivity (Wildman–Crippen MR) is 83.2 cm³/mol. The van der Waals surface area contributed by atoms with Gasteiger partial charge in [-0.15, -0.1) is 0 Å². The summed E-state index contributed by atoms with van der Waals surface area (Å²) >= 11 is 6.30. The second kappa shape index (κ2) is 7.22. The van der Waals surface area contributed by atoms with Gasteiger partial charge >= 0.3 is 0 Å². The molecule has 1 N–H and O–H groups in total. The summed E-state index contributed by atoms with van der Waals surface area (Å²) in [5.74, 6) is 0.820. The van der Waals surface area contributed by atoms with Crippen LogP contribution >= 0.6 is 11.6 Å². The van der Waals surface area contributed by atoms with Crippen molar-refractivity contribution in [1.82, 2.24) is 15.3 Å². The number of nitrogens with one attached hydrogen (secondary N) is 1. The Balaban J connectivity index is 2.00. The number of halogens is 1. The van der Waals surface area contributed by atoms with E-state index in [1.165, 1.54) is 5.56 Å². The van der Waals surface area contributed by atoms with Gasteiger partial charge in [-0.2, -0.15) is 0 Å². The zero-order valence-electron chi connectivity index (χ0n) is 11.8. The highest BCUT2D eigenvalue weighted by atomic mass is 35.5. The van der Waals surface area contributed by atoms with Crippen molar-refractivity contribution < 1.29 is 0 Å². The number of pyridine rings is 2. The van der Waals surface area contributed by atoms with Crippen molar-refractivity contribution in [3.8, 4) is 0 Å². The second-order valence-electron chi connectivity index (χ2n) is 4.71. The standard InChI is InChI=1S/C15H19ClN4/c1-17-10-13-9-14(16)15(19-11-13)20(2)8-5-12-3-6-18-7-4-12/h3-4,6-7,9,11,17H,5,8,10H2,1-2H3. The Kier molecular flexibility index (Phi) is 5.32. The summed E-state index contributed by atoms with van der Waals surface area (Å²) in [6, 6.07) is 6.01. The minimum atomic E-state index is 0.690. The predicted octanol–water partition coefficient (Wildman–Crippen LogP) is 2.53. The number of nitrogens with zero attached hydrogens (tertiary/aromatic N) is 3. The average molecular weight is 291 g/mol. The fourth-order valence-corrected chi connectivity index (χ4v) is 2.34. The number of hydrogen-bond acceptors (Lipinski definition) is 4. The first kappa shape index (κ1) is 14.8. The third-order valence-electron chi connectivity index (χ3n) is 3.11. The first-order valence-corrected chi connectivity index (χ1v) is 6.97. The molecule has 4 nitrogen and oxygen atoms in total. The maximum atomic E-state index is 6.30. The highest BCUT2D eigenvalue weighted by Gasteiger charge is 2.08. The van der Waals surface area contributed by atoms with Crippen molar-refractivity contribution in [2.75, 3.05) is 25.5 Å². The molecule has 106 valence electrons. The van der Waals surface area contributed by atoms with Crippen LogP contribution in [-0.2, 0) is 13.0 Å². The van der Waals surface area contributed by atoms with E-state index < -0.39 is 0 Å². The molecule has 0 unspecified atom stereocenters. The van der Waals surface area contributed by atoms with Crippen molar-refractivity contribution in [1.29, 1.82) is 0 Å². The lowest BCUT2D eigenvalue weighted by molar-refractivity contribution is 0.808. The van der Waals surface area contributed by atoms with Crippen LogP contribution in [0.4, 0.5) is 5.82 Å². The topological polar surface area (TPSA) is 41.1 Å². The van der Waals surface area contributed by atoms with Gasteiger partial charge in [0.2, 0.25) is 0 Å². The molecule has 0 atom stereocenters. The molecule has 0 fully saturated rings. The molecule has 0 bridgehead atoms.